The van der Waals surface area contributed by atoms with Crippen molar-refractivity contribution in [3.05, 3.63) is 88.0 Å². The highest BCUT2D eigenvalue weighted by atomic mass is 35.5. The summed E-state index contributed by atoms with van der Waals surface area (Å²) < 4.78 is 0. The predicted molar refractivity (Wildman–Crippen MR) is 102 cm³/mol. The van der Waals surface area contributed by atoms with Crippen molar-refractivity contribution in [2.45, 2.75) is 6.54 Å². The summed E-state index contributed by atoms with van der Waals surface area (Å²) in [5.41, 5.74) is 2.09. The van der Waals surface area contributed by atoms with Crippen molar-refractivity contribution in [2.75, 3.05) is 5.32 Å². The lowest BCUT2D eigenvalue weighted by atomic mass is 10.2. The molecule has 2 N–H and O–H groups in total. The van der Waals surface area contributed by atoms with Gasteiger partial charge in [0.1, 0.15) is 5.82 Å². The van der Waals surface area contributed by atoms with E-state index in [2.05, 4.69) is 15.6 Å². The first-order valence-corrected chi connectivity index (χ1v) is 8.38. The Balaban J connectivity index is 1.63. The molecule has 0 aliphatic rings. The SMILES string of the molecule is O=C(NCc1ccccc1Cl)c1ccc(Nc2ccccc2Cl)nc1. The van der Waals surface area contributed by atoms with E-state index in [4.69, 9.17) is 23.2 Å². The summed E-state index contributed by atoms with van der Waals surface area (Å²) in [6, 6.07) is 18.2. The van der Waals surface area contributed by atoms with Crippen LogP contribution < -0.4 is 10.6 Å². The van der Waals surface area contributed by atoms with Gasteiger partial charge in [-0.3, -0.25) is 4.79 Å². The van der Waals surface area contributed by atoms with Crippen molar-refractivity contribution in [1.82, 2.24) is 10.3 Å². The maximum Gasteiger partial charge on any atom is 0.253 e. The molecular formula is C19H15Cl2N3O. The summed E-state index contributed by atoms with van der Waals surface area (Å²) in [6.45, 7) is 0.359. The van der Waals surface area contributed by atoms with E-state index in [0.717, 1.165) is 11.3 Å². The zero-order chi connectivity index (χ0) is 17.6. The molecule has 2 aromatic carbocycles. The lowest BCUT2D eigenvalue weighted by molar-refractivity contribution is 0.0950. The normalized spacial score (nSPS) is 10.3. The molecule has 0 saturated carbocycles. The number of hydrogen-bond acceptors (Lipinski definition) is 3. The number of halogens is 2. The number of rotatable bonds is 5. The van der Waals surface area contributed by atoms with Crippen molar-refractivity contribution in [2.24, 2.45) is 0 Å². The second kappa shape index (κ2) is 8.01. The number of aromatic nitrogens is 1. The number of carbonyl (C=O) groups excluding carboxylic acids is 1. The van der Waals surface area contributed by atoms with Gasteiger partial charge in [-0.25, -0.2) is 4.98 Å². The molecule has 1 heterocycles. The van der Waals surface area contributed by atoms with Gasteiger partial charge in [0.15, 0.2) is 0 Å². The maximum atomic E-state index is 12.2. The van der Waals surface area contributed by atoms with Gasteiger partial charge in [0.25, 0.3) is 5.91 Å². The van der Waals surface area contributed by atoms with Gasteiger partial charge in [-0.1, -0.05) is 53.5 Å². The van der Waals surface area contributed by atoms with Gasteiger partial charge in [-0.15, -0.1) is 0 Å². The first-order valence-electron chi connectivity index (χ1n) is 7.63. The minimum atomic E-state index is -0.211. The van der Waals surface area contributed by atoms with Crippen LogP contribution in [-0.4, -0.2) is 10.9 Å². The smallest absolute Gasteiger partial charge is 0.253 e. The van der Waals surface area contributed by atoms with E-state index < -0.39 is 0 Å². The average Bonchev–Trinajstić information content (AvgIpc) is 2.63. The number of pyridine rings is 1. The first kappa shape index (κ1) is 17.3. The Kier molecular flexibility index (Phi) is 5.53. The number of nitrogens with zero attached hydrogens (tertiary/aromatic N) is 1. The van der Waals surface area contributed by atoms with Gasteiger partial charge in [0.05, 0.1) is 16.3 Å². The Morgan fingerprint density at radius 2 is 1.64 bits per heavy atom. The van der Waals surface area contributed by atoms with E-state index >= 15 is 0 Å². The molecule has 1 aromatic heterocycles. The third-order valence-corrected chi connectivity index (χ3v) is 4.26. The van der Waals surface area contributed by atoms with Gasteiger partial charge < -0.3 is 10.6 Å². The number of amides is 1. The fourth-order valence-electron chi connectivity index (χ4n) is 2.22. The van der Waals surface area contributed by atoms with Crippen LogP contribution in [0.5, 0.6) is 0 Å². The molecule has 4 nitrogen and oxygen atoms in total. The molecule has 6 heteroatoms. The lowest BCUT2D eigenvalue weighted by Crippen LogP contribution is -2.23. The molecule has 3 aromatic rings. The van der Waals surface area contributed by atoms with Crippen LogP contribution in [0.25, 0.3) is 0 Å². The zero-order valence-corrected chi connectivity index (χ0v) is 14.7. The molecule has 0 aliphatic carbocycles. The number of hydrogen-bond donors (Lipinski definition) is 2. The summed E-state index contributed by atoms with van der Waals surface area (Å²) >= 11 is 12.2. The average molecular weight is 372 g/mol. The molecule has 3 rings (SSSR count). The number of benzene rings is 2. The molecule has 25 heavy (non-hydrogen) atoms. The summed E-state index contributed by atoms with van der Waals surface area (Å²) in [4.78, 5) is 16.5. The summed E-state index contributed by atoms with van der Waals surface area (Å²) in [7, 11) is 0. The predicted octanol–water partition coefficient (Wildman–Crippen LogP) is 5.06. The molecule has 0 atom stereocenters. The molecule has 0 unspecified atom stereocenters. The number of carbonyl (C=O) groups is 1. The summed E-state index contributed by atoms with van der Waals surface area (Å²) in [6.07, 6.45) is 1.51. The van der Waals surface area contributed by atoms with Gasteiger partial charge >= 0.3 is 0 Å². The lowest BCUT2D eigenvalue weighted by Gasteiger charge is -2.09. The molecule has 0 bridgehead atoms. The highest BCUT2D eigenvalue weighted by Gasteiger charge is 2.08. The van der Waals surface area contributed by atoms with Crippen molar-refractivity contribution in [1.29, 1.82) is 0 Å². The fourth-order valence-corrected chi connectivity index (χ4v) is 2.61. The summed E-state index contributed by atoms with van der Waals surface area (Å²) in [5, 5.41) is 7.17. The van der Waals surface area contributed by atoms with E-state index in [1.807, 2.05) is 36.4 Å². The first-order chi connectivity index (χ1) is 12.1. The summed E-state index contributed by atoms with van der Waals surface area (Å²) in [5.74, 6) is 0.396. The van der Waals surface area contributed by atoms with E-state index in [1.165, 1.54) is 6.20 Å². The molecule has 126 valence electrons. The molecule has 0 fully saturated rings. The van der Waals surface area contributed by atoms with Crippen LogP contribution in [-0.2, 0) is 6.54 Å². The molecule has 0 aliphatic heterocycles. The van der Waals surface area contributed by atoms with Gasteiger partial charge in [0.2, 0.25) is 0 Å². The molecule has 1 amide bonds. The Morgan fingerprint density at radius 1 is 0.920 bits per heavy atom. The largest absolute Gasteiger partial charge is 0.348 e. The molecule has 0 spiro atoms. The minimum Gasteiger partial charge on any atom is -0.348 e. The van der Waals surface area contributed by atoms with E-state index in [-0.39, 0.29) is 5.91 Å². The van der Waals surface area contributed by atoms with Crippen molar-refractivity contribution in [3.63, 3.8) is 0 Å². The van der Waals surface area contributed by atoms with Crippen LogP contribution in [0.15, 0.2) is 66.9 Å². The Hall–Kier alpha value is -2.56. The van der Waals surface area contributed by atoms with Crippen LogP contribution in [0.3, 0.4) is 0 Å². The minimum absolute atomic E-state index is 0.211. The number of nitrogens with one attached hydrogen (secondary N) is 2. The standard InChI is InChI=1S/C19H15Cl2N3O/c20-15-6-2-1-5-13(15)11-23-19(25)14-9-10-18(22-12-14)24-17-8-4-3-7-16(17)21/h1-10,12H,11H2,(H,22,24)(H,23,25). The second-order valence-electron chi connectivity index (χ2n) is 5.31. The monoisotopic (exact) mass is 371 g/mol. The topological polar surface area (TPSA) is 54.0 Å². The molecular weight excluding hydrogens is 357 g/mol. The van der Waals surface area contributed by atoms with E-state index in [0.29, 0.717) is 28.0 Å². The highest BCUT2D eigenvalue weighted by Crippen LogP contribution is 2.23. The van der Waals surface area contributed by atoms with Crippen molar-refractivity contribution >= 4 is 40.6 Å². The molecule has 0 radical (unpaired) electrons. The van der Waals surface area contributed by atoms with Crippen LogP contribution in [0.1, 0.15) is 15.9 Å². The number of para-hydroxylation sites is 1. The van der Waals surface area contributed by atoms with Gasteiger partial charge in [0, 0.05) is 17.8 Å². The fraction of sp³-hybridized carbons (Fsp3) is 0.0526. The van der Waals surface area contributed by atoms with E-state index in [1.54, 1.807) is 24.3 Å². The number of anilines is 2. The van der Waals surface area contributed by atoms with Crippen LogP contribution in [0.2, 0.25) is 10.0 Å². The van der Waals surface area contributed by atoms with Crippen LogP contribution in [0.4, 0.5) is 11.5 Å². The molecule has 0 saturated heterocycles. The van der Waals surface area contributed by atoms with E-state index in [9.17, 15) is 4.79 Å². The van der Waals surface area contributed by atoms with Crippen molar-refractivity contribution < 1.29 is 4.79 Å². The van der Waals surface area contributed by atoms with Crippen LogP contribution in [0, 0.1) is 0 Å². The van der Waals surface area contributed by atoms with Crippen LogP contribution >= 0.6 is 23.2 Å². The third kappa shape index (κ3) is 4.50. The zero-order valence-electron chi connectivity index (χ0n) is 13.2. The van der Waals surface area contributed by atoms with Crippen molar-refractivity contribution in [3.8, 4) is 0 Å². The maximum absolute atomic E-state index is 12.2. The Morgan fingerprint density at radius 3 is 2.32 bits per heavy atom. The Labute approximate surface area is 155 Å². The quantitative estimate of drug-likeness (QED) is 0.658. The van der Waals surface area contributed by atoms with Gasteiger partial charge in [-0.2, -0.15) is 0 Å². The van der Waals surface area contributed by atoms with Gasteiger partial charge in [-0.05, 0) is 35.9 Å². The Bertz CT molecular complexity index is 882. The third-order valence-electron chi connectivity index (χ3n) is 3.56. The second-order valence-corrected chi connectivity index (χ2v) is 6.13. The highest BCUT2D eigenvalue weighted by molar-refractivity contribution is 6.33.